The largest absolute Gasteiger partial charge is 0.468 e. The van der Waals surface area contributed by atoms with Crippen LogP contribution in [0, 0.1) is 0 Å². The molecule has 1 heterocycles. The molecular weight excluding hydrogens is 304 g/mol. The van der Waals surface area contributed by atoms with Gasteiger partial charge in [0.15, 0.2) is 0 Å². The molecule has 0 radical (unpaired) electrons. The van der Waals surface area contributed by atoms with E-state index < -0.39 is 12.0 Å². The number of esters is 1. The van der Waals surface area contributed by atoms with Crippen molar-refractivity contribution in [2.24, 2.45) is 5.73 Å². The Balaban J connectivity index is 0.00000242. The van der Waals surface area contributed by atoms with Crippen LogP contribution >= 0.6 is 12.4 Å². The Morgan fingerprint density at radius 3 is 2.77 bits per heavy atom. The van der Waals surface area contributed by atoms with Crippen molar-refractivity contribution in [1.82, 2.24) is 0 Å². The number of benzene rings is 1. The van der Waals surface area contributed by atoms with Gasteiger partial charge < -0.3 is 15.4 Å². The van der Waals surface area contributed by atoms with Gasteiger partial charge in [-0.25, -0.2) is 0 Å². The van der Waals surface area contributed by atoms with Gasteiger partial charge in [0.05, 0.1) is 7.11 Å². The van der Waals surface area contributed by atoms with Crippen molar-refractivity contribution < 1.29 is 14.3 Å². The van der Waals surface area contributed by atoms with Crippen LogP contribution in [-0.4, -0.2) is 31.6 Å². The number of halogens is 1. The smallest absolute Gasteiger partial charge is 0.322 e. The first-order valence-electron chi connectivity index (χ1n) is 7.35. The Labute approximate surface area is 137 Å². The van der Waals surface area contributed by atoms with E-state index in [-0.39, 0.29) is 24.7 Å². The van der Waals surface area contributed by atoms with Crippen LogP contribution in [0.15, 0.2) is 24.3 Å². The van der Waals surface area contributed by atoms with Crippen LogP contribution < -0.4 is 10.6 Å². The van der Waals surface area contributed by atoms with E-state index in [4.69, 9.17) is 5.73 Å². The van der Waals surface area contributed by atoms with Crippen molar-refractivity contribution in [3.8, 4) is 0 Å². The van der Waals surface area contributed by atoms with Gasteiger partial charge in [0.1, 0.15) is 6.04 Å². The highest BCUT2D eigenvalue weighted by atomic mass is 35.5. The molecule has 122 valence electrons. The zero-order valence-electron chi connectivity index (χ0n) is 12.8. The van der Waals surface area contributed by atoms with Crippen molar-refractivity contribution in [2.75, 3.05) is 18.6 Å². The van der Waals surface area contributed by atoms with Crippen LogP contribution in [0.2, 0.25) is 0 Å². The van der Waals surface area contributed by atoms with Crippen molar-refractivity contribution in [3.05, 3.63) is 29.8 Å². The molecule has 0 saturated carbocycles. The molecule has 0 fully saturated rings. The number of rotatable bonds is 4. The second-order valence-corrected chi connectivity index (χ2v) is 5.30. The first-order chi connectivity index (χ1) is 10.1. The normalized spacial score (nSPS) is 15.1. The molecule has 0 spiro atoms. The summed E-state index contributed by atoms with van der Waals surface area (Å²) in [6.07, 6.45) is 3.64. The maximum atomic E-state index is 12.4. The Morgan fingerprint density at radius 1 is 1.32 bits per heavy atom. The maximum absolute atomic E-state index is 12.4. The second kappa shape index (κ2) is 8.76. The first kappa shape index (κ1) is 18.5. The Bertz CT molecular complexity index is 522. The number of hydrogen-bond acceptors (Lipinski definition) is 4. The molecule has 2 N–H and O–H groups in total. The highest BCUT2D eigenvalue weighted by Crippen LogP contribution is 2.26. The molecule has 2 rings (SSSR count). The summed E-state index contributed by atoms with van der Waals surface area (Å²) in [5.74, 6) is -0.456. The molecule has 1 amide bonds. The van der Waals surface area contributed by atoms with Gasteiger partial charge >= 0.3 is 5.97 Å². The standard InChI is InChI=1S/C16H22N2O3.ClH/c1-21-16(20)13(17)9-10-15(19)18-11-5-4-7-12-6-2-3-8-14(12)18;/h2-3,6,8,13H,4-5,7,9-11,17H2,1H3;1H/t13-;/m0./s1. The van der Waals surface area contributed by atoms with Gasteiger partial charge in [-0.2, -0.15) is 0 Å². The van der Waals surface area contributed by atoms with E-state index in [1.165, 1.54) is 12.7 Å². The lowest BCUT2D eigenvalue weighted by atomic mass is 10.1. The third-order valence-electron chi connectivity index (χ3n) is 3.83. The van der Waals surface area contributed by atoms with Gasteiger partial charge in [0, 0.05) is 18.7 Å². The van der Waals surface area contributed by atoms with Gasteiger partial charge in [0.25, 0.3) is 0 Å². The molecule has 1 aromatic carbocycles. The summed E-state index contributed by atoms with van der Waals surface area (Å²) in [6, 6.07) is 7.27. The minimum Gasteiger partial charge on any atom is -0.468 e. The van der Waals surface area contributed by atoms with Crippen LogP contribution in [-0.2, 0) is 20.7 Å². The first-order valence-corrected chi connectivity index (χ1v) is 7.35. The van der Waals surface area contributed by atoms with Gasteiger partial charge in [-0.1, -0.05) is 18.2 Å². The third kappa shape index (κ3) is 4.45. The number of carbonyl (C=O) groups excluding carboxylic acids is 2. The van der Waals surface area contributed by atoms with Crippen LogP contribution in [0.5, 0.6) is 0 Å². The van der Waals surface area contributed by atoms with Gasteiger partial charge in [-0.05, 0) is 37.3 Å². The predicted molar refractivity (Wildman–Crippen MR) is 88.2 cm³/mol. The SMILES string of the molecule is COC(=O)[C@@H](N)CCC(=O)N1CCCCc2ccccc21.Cl. The average molecular weight is 327 g/mol. The Kier molecular flexibility index (Phi) is 7.35. The predicted octanol–water partition coefficient (Wildman–Crippen LogP) is 2.06. The van der Waals surface area contributed by atoms with Crippen LogP contribution in [0.4, 0.5) is 5.69 Å². The van der Waals surface area contributed by atoms with Crippen molar-refractivity contribution >= 4 is 30.0 Å². The molecule has 1 aromatic rings. The zero-order chi connectivity index (χ0) is 15.2. The van der Waals surface area contributed by atoms with Crippen LogP contribution in [0.25, 0.3) is 0 Å². The number of anilines is 1. The lowest BCUT2D eigenvalue weighted by Gasteiger charge is -2.23. The topological polar surface area (TPSA) is 72.6 Å². The highest BCUT2D eigenvalue weighted by Gasteiger charge is 2.22. The number of fused-ring (bicyclic) bond motifs is 1. The number of methoxy groups -OCH3 is 1. The number of carbonyl (C=O) groups is 2. The van der Waals surface area contributed by atoms with Crippen LogP contribution in [0.1, 0.15) is 31.2 Å². The maximum Gasteiger partial charge on any atom is 0.322 e. The summed E-state index contributed by atoms with van der Waals surface area (Å²) in [5, 5.41) is 0. The van der Waals surface area contributed by atoms with Gasteiger partial charge in [-0.15, -0.1) is 12.4 Å². The quantitative estimate of drug-likeness (QED) is 0.860. The zero-order valence-corrected chi connectivity index (χ0v) is 13.6. The summed E-state index contributed by atoms with van der Waals surface area (Å²) in [6.45, 7) is 0.726. The molecule has 5 nitrogen and oxygen atoms in total. The molecule has 0 unspecified atom stereocenters. The summed E-state index contributed by atoms with van der Waals surface area (Å²) in [7, 11) is 1.30. The number of aryl methyl sites for hydroxylation is 1. The molecule has 22 heavy (non-hydrogen) atoms. The number of nitrogens with two attached hydrogens (primary N) is 1. The van der Waals surface area contributed by atoms with E-state index in [0.29, 0.717) is 6.42 Å². The number of nitrogens with zero attached hydrogens (tertiary/aromatic N) is 1. The fourth-order valence-corrected chi connectivity index (χ4v) is 2.63. The molecule has 1 aliphatic heterocycles. The van der Waals surface area contributed by atoms with Crippen molar-refractivity contribution in [2.45, 2.75) is 38.1 Å². The van der Waals surface area contributed by atoms with Crippen molar-refractivity contribution in [3.63, 3.8) is 0 Å². The average Bonchev–Trinajstić information content (AvgIpc) is 2.73. The lowest BCUT2D eigenvalue weighted by molar-refractivity contribution is -0.142. The number of ether oxygens (including phenoxy) is 1. The number of para-hydroxylation sites is 1. The minimum absolute atomic E-state index is 0. The van der Waals surface area contributed by atoms with E-state index in [1.807, 2.05) is 23.1 Å². The summed E-state index contributed by atoms with van der Waals surface area (Å²) in [4.78, 5) is 25.6. The van der Waals surface area contributed by atoms with E-state index in [2.05, 4.69) is 10.8 Å². The summed E-state index contributed by atoms with van der Waals surface area (Å²) < 4.78 is 4.58. The van der Waals surface area contributed by atoms with Gasteiger partial charge in [0.2, 0.25) is 5.91 Å². The number of hydrogen-bond donors (Lipinski definition) is 1. The van der Waals surface area contributed by atoms with E-state index >= 15 is 0 Å². The van der Waals surface area contributed by atoms with Gasteiger partial charge in [-0.3, -0.25) is 9.59 Å². The molecule has 1 aliphatic rings. The molecule has 0 bridgehead atoms. The minimum atomic E-state index is -0.735. The summed E-state index contributed by atoms with van der Waals surface area (Å²) in [5.41, 5.74) is 7.89. The molecule has 0 saturated heterocycles. The van der Waals surface area contributed by atoms with E-state index in [0.717, 1.165) is 31.5 Å². The Morgan fingerprint density at radius 2 is 2.05 bits per heavy atom. The highest BCUT2D eigenvalue weighted by molar-refractivity contribution is 5.94. The molecular formula is C16H23ClN2O3. The fraction of sp³-hybridized carbons (Fsp3) is 0.500. The van der Waals surface area contributed by atoms with Crippen LogP contribution in [0.3, 0.4) is 0 Å². The third-order valence-corrected chi connectivity index (χ3v) is 3.83. The molecule has 0 aliphatic carbocycles. The Hall–Kier alpha value is -1.59. The fourth-order valence-electron chi connectivity index (χ4n) is 2.63. The molecule has 0 aromatic heterocycles. The molecule has 1 atom stereocenters. The van der Waals surface area contributed by atoms with Crippen molar-refractivity contribution in [1.29, 1.82) is 0 Å². The molecule has 6 heteroatoms. The van der Waals surface area contributed by atoms with E-state index in [1.54, 1.807) is 0 Å². The lowest BCUT2D eigenvalue weighted by Crippen LogP contribution is -2.36. The monoisotopic (exact) mass is 326 g/mol. The summed E-state index contributed by atoms with van der Waals surface area (Å²) >= 11 is 0. The second-order valence-electron chi connectivity index (χ2n) is 5.30. The van der Waals surface area contributed by atoms with E-state index in [9.17, 15) is 9.59 Å². The number of amides is 1.